The highest BCUT2D eigenvalue weighted by Crippen LogP contribution is 2.26. The molecule has 6 nitrogen and oxygen atoms in total. The summed E-state index contributed by atoms with van der Waals surface area (Å²) in [6.45, 7) is 2.52. The van der Waals surface area contributed by atoms with Gasteiger partial charge in [-0.3, -0.25) is 4.98 Å². The van der Waals surface area contributed by atoms with Crippen LogP contribution >= 0.6 is 0 Å². The van der Waals surface area contributed by atoms with Crippen LogP contribution in [-0.4, -0.2) is 39.9 Å². The van der Waals surface area contributed by atoms with Gasteiger partial charge in [0.1, 0.15) is 11.4 Å². The first-order valence-corrected chi connectivity index (χ1v) is 8.93. The van der Waals surface area contributed by atoms with Gasteiger partial charge < -0.3 is 10.1 Å². The summed E-state index contributed by atoms with van der Waals surface area (Å²) in [4.78, 5) is 9.06. The second-order valence-electron chi connectivity index (χ2n) is 6.35. The largest absolute Gasteiger partial charge is 0.381 e. The highest BCUT2D eigenvalue weighted by Gasteiger charge is 2.17. The average molecular weight is 347 g/mol. The van der Waals surface area contributed by atoms with Crippen LogP contribution in [0.4, 0.5) is 5.82 Å². The SMILES string of the molecule is c1ccc(-c2nnc(-c3ccccn3)nc2NCC2CCOCC2)cc1. The van der Waals surface area contributed by atoms with E-state index in [0.717, 1.165) is 49.7 Å². The molecule has 0 spiro atoms. The third kappa shape index (κ3) is 3.86. The Morgan fingerprint density at radius 3 is 2.54 bits per heavy atom. The van der Waals surface area contributed by atoms with E-state index in [-0.39, 0.29) is 0 Å². The molecule has 1 aliphatic rings. The highest BCUT2D eigenvalue weighted by atomic mass is 16.5. The van der Waals surface area contributed by atoms with Crippen molar-refractivity contribution in [2.45, 2.75) is 12.8 Å². The molecule has 0 unspecified atom stereocenters. The topological polar surface area (TPSA) is 72.8 Å². The minimum atomic E-state index is 0.528. The molecule has 0 radical (unpaired) electrons. The molecule has 0 aliphatic carbocycles. The molecule has 1 aliphatic heterocycles. The van der Waals surface area contributed by atoms with Gasteiger partial charge in [0.15, 0.2) is 5.82 Å². The maximum Gasteiger partial charge on any atom is 0.202 e. The number of hydrogen-bond acceptors (Lipinski definition) is 6. The fourth-order valence-corrected chi connectivity index (χ4v) is 3.03. The number of nitrogens with zero attached hydrogens (tertiary/aromatic N) is 4. The summed E-state index contributed by atoms with van der Waals surface area (Å²) in [5.41, 5.74) is 2.47. The number of anilines is 1. The van der Waals surface area contributed by atoms with Gasteiger partial charge in [0.25, 0.3) is 0 Å². The summed E-state index contributed by atoms with van der Waals surface area (Å²) in [6, 6.07) is 15.7. The summed E-state index contributed by atoms with van der Waals surface area (Å²) < 4.78 is 5.45. The zero-order valence-corrected chi connectivity index (χ0v) is 14.5. The maximum atomic E-state index is 5.45. The van der Waals surface area contributed by atoms with E-state index >= 15 is 0 Å². The Bertz CT molecular complexity index is 835. The molecule has 1 aromatic carbocycles. The molecule has 0 saturated carbocycles. The molecule has 26 heavy (non-hydrogen) atoms. The van der Waals surface area contributed by atoms with Crippen molar-refractivity contribution < 1.29 is 4.74 Å². The van der Waals surface area contributed by atoms with Gasteiger partial charge in [-0.1, -0.05) is 36.4 Å². The van der Waals surface area contributed by atoms with Crippen LogP contribution in [0.15, 0.2) is 54.7 Å². The standard InChI is InChI=1S/C20H21N5O/c1-2-6-16(7-3-1)18-20(22-14-15-9-12-26-13-10-15)23-19(25-24-18)17-8-4-5-11-21-17/h1-8,11,15H,9-10,12-14H2,(H,22,23,25). The lowest BCUT2D eigenvalue weighted by atomic mass is 10.0. The Morgan fingerprint density at radius 1 is 0.962 bits per heavy atom. The Kier molecular flexibility index (Phi) is 5.12. The average Bonchev–Trinajstić information content (AvgIpc) is 2.74. The Morgan fingerprint density at radius 2 is 1.77 bits per heavy atom. The van der Waals surface area contributed by atoms with Gasteiger partial charge in [-0.2, -0.15) is 0 Å². The quantitative estimate of drug-likeness (QED) is 0.762. The van der Waals surface area contributed by atoms with Crippen molar-refractivity contribution in [1.29, 1.82) is 0 Å². The van der Waals surface area contributed by atoms with Crippen molar-refractivity contribution in [2.75, 3.05) is 25.1 Å². The van der Waals surface area contributed by atoms with E-state index in [1.165, 1.54) is 0 Å². The second-order valence-corrected chi connectivity index (χ2v) is 6.35. The van der Waals surface area contributed by atoms with E-state index in [1.54, 1.807) is 6.20 Å². The van der Waals surface area contributed by atoms with Crippen molar-refractivity contribution >= 4 is 5.82 Å². The third-order valence-electron chi connectivity index (χ3n) is 4.53. The van der Waals surface area contributed by atoms with Gasteiger partial charge in [-0.05, 0) is 30.9 Å². The monoisotopic (exact) mass is 347 g/mol. The van der Waals surface area contributed by atoms with Crippen LogP contribution in [0.25, 0.3) is 22.8 Å². The number of pyridine rings is 1. The summed E-state index contributed by atoms with van der Waals surface area (Å²) in [7, 11) is 0. The van der Waals surface area contributed by atoms with Crippen LogP contribution in [-0.2, 0) is 4.74 Å². The smallest absolute Gasteiger partial charge is 0.202 e. The molecule has 1 fully saturated rings. The zero-order valence-electron chi connectivity index (χ0n) is 14.5. The number of ether oxygens (including phenoxy) is 1. The van der Waals surface area contributed by atoms with Crippen molar-refractivity contribution in [3.8, 4) is 22.8 Å². The lowest BCUT2D eigenvalue weighted by Gasteiger charge is -2.22. The Hall–Kier alpha value is -2.86. The molecule has 4 rings (SSSR count). The number of hydrogen-bond donors (Lipinski definition) is 1. The Labute approximate surface area is 152 Å². The van der Waals surface area contributed by atoms with E-state index in [4.69, 9.17) is 9.72 Å². The Balaban J connectivity index is 1.64. The van der Waals surface area contributed by atoms with Crippen molar-refractivity contribution in [1.82, 2.24) is 20.2 Å². The molecular formula is C20H21N5O. The van der Waals surface area contributed by atoms with Crippen LogP contribution in [0.3, 0.4) is 0 Å². The molecule has 132 valence electrons. The predicted molar refractivity (Wildman–Crippen MR) is 101 cm³/mol. The van der Waals surface area contributed by atoms with E-state index in [0.29, 0.717) is 17.4 Å². The van der Waals surface area contributed by atoms with Gasteiger partial charge in [0, 0.05) is 31.5 Å². The minimum absolute atomic E-state index is 0.528. The molecule has 1 saturated heterocycles. The molecule has 0 atom stereocenters. The summed E-state index contributed by atoms with van der Waals surface area (Å²) in [5, 5.41) is 12.2. The van der Waals surface area contributed by atoms with Crippen molar-refractivity contribution in [2.24, 2.45) is 5.92 Å². The van der Waals surface area contributed by atoms with Crippen LogP contribution in [0, 0.1) is 5.92 Å². The first-order valence-electron chi connectivity index (χ1n) is 8.93. The van der Waals surface area contributed by atoms with Gasteiger partial charge in [0.2, 0.25) is 5.82 Å². The van der Waals surface area contributed by atoms with Crippen molar-refractivity contribution in [3.63, 3.8) is 0 Å². The molecule has 0 amide bonds. The molecular weight excluding hydrogens is 326 g/mol. The van der Waals surface area contributed by atoms with Crippen LogP contribution in [0.1, 0.15) is 12.8 Å². The highest BCUT2D eigenvalue weighted by molar-refractivity contribution is 5.72. The van der Waals surface area contributed by atoms with E-state index in [1.807, 2.05) is 48.5 Å². The van der Waals surface area contributed by atoms with Crippen molar-refractivity contribution in [3.05, 3.63) is 54.7 Å². The van der Waals surface area contributed by atoms with E-state index in [9.17, 15) is 0 Å². The summed E-state index contributed by atoms with van der Waals surface area (Å²) in [6.07, 6.45) is 3.87. The van der Waals surface area contributed by atoms with Gasteiger partial charge in [0.05, 0.1) is 0 Å². The second kappa shape index (κ2) is 8.01. The number of rotatable bonds is 5. The lowest BCUT2D eigenvalue weighted by molar-refractivity contribution is 0.0699. The fraction of sp³-hybridized carbons (Fsp3) is 0.300. The first kappa shape index (κ1) is 16.6. The number of nitrogens with one attached hydrogen (secondary N) is 1. The maximum absolute atomic E-state index is 5.45. The molecule has 3 aromatic rings. The van der Waals surface area contributed by atoms with Gasteiger partial charge >= 0.3 is 0 Å². The molecule has 2 aromatic heterocycles. The third-order valence-corrected chi connectivity index (χ3v) is 4.53. The van der Waals surface area contributed by atoms with E-state index < -0.39 is 0 Å². The lowest BCUT2D eigenvalue weighted by Crippen LogP contribution is -2.23. The summed E-state index contributed by atoms with van der Waals surface area (Å²) in [5.74, 6) is 1.86. The zero-order chi connectivity index (χ0) is 17.6. The molecule has 3 heterocycles. The van der Waals surface area contributed by atoms with Gasteiger partial charge in [-0.25, -0.2) is 4.98 Å². The number of aromatic nitrogens is 4. The minimum Gasteiger partial charge on any atom is -0.381 e. The normalized spacial score (nSPS) is 14.9. The van der Waals surface area contributed by atoms with E-state index in [2.05, 4.69) is 20.5 Å². The molecule has 1 N–H and O–H groups in total. The molecule has 6 heteroatoms. The van der Waals surface area contributed by atoms with Crippen LogP contribution in [0.5, 0.6) is 0 Å². The predicted octanol–water partition coefficient (Wildman–Crippen LogP) is 3.44. The summed E-state index contributed by atoms with van der Waals surface area (Å²) >= 11 is 0. The number of benzene rings is 1. The van der Waals surface area contributed by atoms with Crippen LogP contribution in [0.2, 0.25) is 0 Å². The van der Waals surface area contributed by atoms with Crippen LogP contribution < -0.4 is 5.32 Å². The fourth-order valence-electron chi connectivity index (χ4n) is 3.03. The van der Waals surface area contributed by atoms with Gasteiger partial charge in [-0.15, -0.1) is 10.2 Å². The molecule has 0 bridgehead atoms. The first-order chi connectivity index (χ1) is 12.9.